The molecule has 0 radical (unpaired) electrons. The van der Waals surface area contributed by atoms with Crippen molar-refractivity contribution in [2.24, 2.45) is 5.73 Å². The van der Waals surface area contributed by atoms with Gasteiger partial charge in [-0.2, -0.15) is 0 Å². The maximum absolute atomic E-state index is 13.6. The fourth-order valence-electron chi connectivity index (χ4n) is 1.42. The molecule has 0 atom stereocenters. The molecule has 0 aliphatic carbocycles. The van der Waals surface area contributed by atoms with Gasteiger partial charge in [-0.3, -0.25) is 4.79 Å². The number of rotatable bonds is 4. The van der Waals surface area contributed by atoms with Crippen molar-refractivity contribution in [3.63, 3.8) is 0 Å². The van der Waals surface area contributed by atoms with Crippen LogP contribution in [0.1, 0.15) is 5.56 Å². The summed E-state index contributed by atoms with van der Waals surface area (Å²) in [5, 5.41) is 0. The van der Waals surface area contributed by atoms with Crippen molar-refractivity contribution in [3.8, 4) is 0 Å². The second kappa shape index (κ2) is 5.58. The van der Waals surface area contributed by atoms with Crippen LogP contribution in [0.3, 0.4) is 0 Å². The van der Waals surface area contributed by atoms with E-state index in [-0.39, 0.29) is 17.1 Å². The summed E-state index contributed by atoms with van der Waals surface area (Å²) in [4.78, 5) is 12.6. The van der Waals surface area contributed by atoms with E-state index >= 15 is 0 Å². The fourth-order valence-corrected chi connectivity index (χ4v) is 1.62. The van der Waals surface area contributed by atoms with Crippen molar-refractivity contribution in [3.05, 3.63) is 29.6 Å². The highest BCUT2D eigenvalue weighted by Crippen LogP contribution is 2.22. The second-order valence-corrected chi connectivity index (χ2v) is 3.87. The zero-order chi connectivity index (χ0) is 13.0. The number of nitrogens with two attached hydrogens (primary N) is 1. The third-order valence-corrected chi connectivity index (χ3v) is 2.45. The van der Waals surface area contributed by atoms with Crippen LogP contribution in [-0.2, 0) is 9.53 Å². The van der Waals surface area contributed by atoms with Gasteiger partial charge in [0.1, 0.15) is 17.4 Å². The van der Waals surface area contributed by atoms with Crippen molar-refractivity contribution in [2.75, 3.05) is 25.6 Å². The van der Waals surface area contributed by atoms with Crippen molar-refractivity contribution in [1.82, 2.24) is 0 Å². The molecule has 0 heterocycles. The van der Waals surface area contributed by atoms with Crippen LogP contribution in [0.25, 0.3) is 0 Å². The van der Waals surface area contributed by atoms with Gasteiger partial charge in [-0.25, -0.2) is 4.39 Å². The lowest BCUT2D eigenvalue weighted by Gasteiger charge is -2.21. The first-order valence-electron chi connectivity index (χ1n) is 4.83. The normalized spacial score (nSPS) is 9.82. The Hall–Kier alpha value is -1.69. The summed E-state index contributed by atoms with van der Waals surface area (Å²) in [6, 6.07) is 4.44. The monoisotopic (exact) mass is 256 g/mol. The third kappa shape index (κ3) is 3.13. The second-order valence-electron chi connectivity index (χ2n) is 3.43. The molecule has 0 fully saturated rings. The summed E-state index contributed by atoms with van der Waals surface area (Å²) in [7, 11) is 2.92. The Bertz CT molecular complexity index is 451. The molecule has 6 heteroatoms. The Balaban J connectivity index is 3.09. The molecule has 1 aromatic carbocycles. The topological polar surface area (TPSA) is 55.6 Å². The van der Waals surface area contributed by atoms with Gasteiger partial charge in [0.15, 0.2) is 0 Å². The number of esters is 1. The van der Waals surface area contributed by atoms with Crippen LogP contribution >= 0.6 is 12.2 Å². The zero-order valence-electron chi connectivity index (χ0n) is 9.57. The molecule has 0 saturated heterocycles. The largest absolute Gasteiger partial charge is 0.468 e. The number of ether oxygens (including phenoxy) is 1. The lowest BCUT2D eigenvalue weighted by atomic mass is 10.1. The zero-order valence-corrected chi connectivity index (χ0v) is 10.4. The Morgan fingerprint density at radius 2 is 2.24 bits per heavy atom. The van der Waals surface area contributed by atoms with E-state index < -0.39 is 11.8 Å². The van der Waals surface area contributed by atoms with Gasteiger partial charge in [-0.1, -0.05) is 18.3 Å². The van der Waals surface area contributed by atoms with Gasteiger partial charge in [-0.05, 0) is 12.1 Å². The lowest BCUT2D eigenvalue weighted by molar-refractivity contribution is -0.138. The quantitative estimate of drug-likeness (QED) is 0.645. The number of anilines is 1. The molecular weight excluding hydrogens is 243 g/mol. The maximum atomic E-state index is 13.6. The number of likely N-dealkylation sites (N-methyl/N-ethyl adjacent to an activating group) is 1. The Kier molecular flexibility index (Phi) is 4.39. The molecule has 2 N–H and O–H groups in total. The molecule has 17 heavy (non-hydrogen) atoms. The Labute approximate surface area is 104 Å². The number of carbonyl (C=O) groups is 1. The summed E-state index contributed by atoms with van der Waals surface area (Å²) in [5.41, 5.74) is 6.06. The molecule has 0 amide bonds. The molecule has 92 valence electrons. The predicted octanol–water partition coefficient (Wildman–Crippen LogP) is 1.07. The van der Waals surface area contributed by atoms with E-state index in [9.17, 15) is 9.18 Å². The van der Waals surface area contributed by atoms with E-state index in [0.29, 0.717) is 5.69 Å². The number of methoxy groups -OCH3 is 1. The summed E-state index contributed by atoms with van der Waals surface area (Å²) in [5.74, 6) is -0.933. The highest BCUT2D eigenvalue weighted by Gasteiger charge is 2.16. The molecule has 0 aromatic heterocycles. The highest BCUT2D eigenvalue weighted by atomic mass is 32.1. The van der Waals surface area contributed by atoms with Crippen molar-refractivity contribution < 1.29 is 13.9 Å². The lowest BCUT2D eigenvalue weighted by Crippen LogP contribution is -2.29. The van der Waals surface area contributed by atoms with E-state index in [4.69, 9.17) is 18.0 Å². The van der Waals surface area contributed by atoms with Crippen molar-refractivity contribution >= 4 is 28.9 Å². The van der Waals surface area contributed by atoms with Gasteiger partial charge < -0.3 is 15.4 Å². The van der Waals surface area contributed by atoms with E-state index in [2.05, 4.69) is 4.74 Å². The van der Waals surface area contributed by atoms with Crippen LogP contribution in [0.4, 0.5) is 10.1 Å². The molecule has 4 nitrogen and oxygen atoms in total. The first-order valence-corrected chi connectivity index (χ1v) is 5.24. The van der Waals surface area contributed by atoms with Crippen LogP contribution in [-0.4, -0.2) is 31.7 Å². The number of carbonyl (C=O) groups excluding carboxylic acids is 1. The van der Waals surface area contributed by atoms with Gasteiger partial charge in [0, 0.05) is 7.05 Å². The van der Waals surface area contributed by atoms with Gasteiger partial charge in [0.05, 0.1) is 18.4 Å². The van der Waals surface area contributed by atoms with Crippen LogP contribution in [0, 0.1) is 5.82 Å². The number of thiocarbonyl (C=S) groups is 1. The first-order chi connectivity index (χ1) is 7.97. The summed E-state index contributed by atoms with van der Waals surface area (Å²) < 4.78 is 18.1. The third-order valence-electron chi connectivity index (χ3n) is 2.24. The molecule has 0 spiro atoms. The SMILES string of the molecule is COC(=O)CN(C)c1cccc(F)c1C(N)=S. The van der Waals surface area contributed by atoms with E-state index in [1.54, 1.807) is 13.1 Å². The molecular formula is C11H13FN2O2S. The minimum atomic E-state index is -0.508. The summed E-state index contributed by atoms with van der Waals surface area (Å²) in [6.45, 7) is -0.00440. The number of nitrogens with zero attached hydrogens (tertiary/aromatic N) is 1. The number of hydrogen-bond acceptors (Lipinski definition) is 4. The van der Waals surface area contributed by atoms with Gasteiger partial charge in [0.25, 0.3) is 0 Å². The minimum absolute atomic E-state index is 0.00440. The van der Waals surface area contributed by atoms with E-state index in [0.717, 1.165) is 0 Å². The Morgan fingerprint density at radius 1 is 1.59 bits per heavy atom. The van der Waals surface area contributed by atoms with Crippen LogP contribution < -0.4 is 10.6 Å². The predicted molar refractivity (Wildman–Crippen MR) is 67.6 cm³/mol. The summed E-state index contributed by atoms with van der Waals surface area (Å²) >= 11 is 4.79. The smallest absolute Gasteiger partial charge is 0.325 e. The van der Waals surface area contributed by atoms with Crippen LogP contribution in [0.2, 0.25) is 0 Å². The number of halogens is 1. The molecule has 1 aromatic rings. The molecule has 1 rings (SSSR count). The molecule has 0 saturated carbocycles. The molecule has 0 bridgehead atoms. The highest BCUT2D eigenvalue weighted by molar-refractivity contribution is 7.80. The van der Waals surface area contributed by atoms with Gasteiger partial charge >= 0.3 is 5.97 Å². The summed E-state index contributed by atoms with van der Waals surface area (Å²) in [6.07, 6.45) is 0. The van der Waals surface area contributed by atoms with Gasteiger partial charge in [0.2, 0.25) is 0 Å². The molecule has 0 aliphatic heterocycles. The first kappa shape index (κ1) is 13.4. The van der Waals surface area contributed by atoms with Crippen LogP contribution in [0.15, 0.2) is 18.2 Å². The number of hydrogen-bond donors (Lipinski definition) is 1. The van der Waals surface area contributed by atoms with E-state index in [1.165, 1.54) is 24.1 Å². The maximum Gasteiger partial charge on any atom is 0.325 e. The van der Waals surface area contributed by atoms with Crippen LogP contribution in [0.5, 0.6) is 0 Å². The van der Waals surface area contributed by atoms with E-state index in [1.807, 2.05) is 0 Å². The Morgan fingerprint density at radius 3 is 2.76 bits per heavy atom. The standard InChI is InChI=1S/C11H13FN2O2S/c1-14(6-9(15)16-2)8-5-3-4-7(12)10(8)11(13)17/h3-5H,6H2,1-2H3,(H2,13,17). The number of benzene rings is 1. The van der Waals surface area contributed by atoms with Crippen molar-refractivity contribution in [2.45, 2.75) is 0 Å². The fraction of sp³-hybridized carbons (Fsp3) is 0.273. The minimum Gasteiger partial charge on any atom is -0.468 e. The average molecular weight is 256 g/mol. The average Bonchev–Trinajstić information content (AvgIpc) is 2.27. The van der Waals surface area contributed by atoms with Crippen molar-refractivity contribution in [1.29, 1.82) is 0 Å². The molecule has 0 unspecified atom stereocenters. The van der Waals surface area contributed by atoms with Gasteiger partial charge in [-0.15, -0.1) is 0 Å². The molecule has 0 aliphatic rings.